The summed E-state index contributed by atoms with van der Waals surface area (Å²) in [5.74, 6) is -0.817. The van der Waals surface area contributed by atoms with Crippen molar-refractivity contribution in [2.75, 3.05) is 0 Å². The standard InChI is InChI=1S/C10H12F4Si/c1-15(2,3)9-5-7(10(12,13)14)4-8(11)6-9/h4-6H,1-3H3. The van der Waals surface area contributed by atoms with Crippen LogP contribution in [0.1, 0.15) is 5.56 Å². The van der Waals surface area contributed by atoms with E-state index in [1.54, 1.807) is 0 Å². The fraction of sp³-hybridized carbons (Fsp3) is 0.400. The summed E-state index contributed by atoms with van der Waals surface area (Å²) in [5.41, 5.74) is -0.903. The van der Waals surface area contributed by atoms with Gasteiger partial charge >= 0.3 is 6.18 Å². The zero-order valence-corrected chi connectivity index (χ0v) is 9.74. The average Bonchev–Trinajstić information content (AvgIpc) is 1.99. The van der Waals surface area contributed by atoms with Crippen molar-refractivity contribution in [1.29, 1.82) is 0 Å². The second kappa shape index (κ2) is 3.63. The van der Waals surface area contributed by atoms with Gasteiger partial charge in [-0.05, 0) is 12.1 Å². The van der Waals surface area contributed by atoms with Crippen LogP contribution in [0, 0.1) is 5.82 Å². The summed E-state index contributed by atoms with van der Waals surface area (Å²) in [5, 5.41) is 0.481. The van der Waals surface area contributed by atoms with Gasteiger partial charge in [0.2, 0.25) is 0 Å². The Balaban J connectivity index is 3.30. The van der Waals surface area contributed by atoms with Gasteiger partial charge in [0.1, 0.15) is 5.82 Å². The summed E-state index contributed by atoms with van der Waals surface area (Å²) in [4.78, 5) is 0. The van der Waals surface area contributed by atoms with Crippen LogP contribution in [-0.2, 0) is 6.18 Å². The van der Waals surface area contributed by atoms with E-state index in [0.717, 1.165) is 6.07 Å². The third-order valence-electron chi connectivity index (χ3n) is 2.09. The van der Waals surface area contributed by atoms with Gasteiger partial charge in [0.25, 0.3) is 0 Å². The van der Waals surface area contributed by atoms with Gasteiger partial charge in [-0.2, -0.15) is 13.2 Å². The van der Waals surface area contributed by atoms with Crippen LogP contribution >= 0.6 is 0 Å². The zero-order valence-electron chi connectivity index (χ0n) is 8.74. The summed E-state index contributed by atoms with van der Waals surface area (Å²) in [6.07, 6.45) is -4.48. The van der Waals surface area contributed by atoms with Gasteiger partial charge in [0.15, 0.2) is 0 Å². The smallest absolute Gasteiger partial charge is 0.207 e. The van der Waals surface area contributed by atoms with Gasteiger partial charge < -0.3 is 0 Å². The van der Waals surface area contributed by atoms with Crippen LogP contribution in [0.25, 0.3) is 0 Å². The SMILES string of the molecule is C[Si](C)(C)c1cc(F)cc(C(F)(F)F)c1. The molecule has 0 aromatic heterocycles. The molecule has 0 spiro atoms. The normalized spacial score (nSPS) is 13.0. The lowest BCUT2D eigenvalue weighted by atomic mass is 10.2. The molecule has 0 nitrogen and oxygen atoms in total. The number of rotatable bonds is 1. The van der Waals surface area contributed by atoms with Gasteiger partial charge in [0, 0.05) is 0 Å². The number of hydrogen-bond acceptors (Lipinski definition) is 0. The zero-order chi connectivity index (χ0) is 11.9. The van der Waals surface area contributed by atoms with E-state index in [9.17, 15) is 17.6 Å². The fourth-order valence-corrected chi connectivity index (χ4v) is 2.35. The van der Waals surface area contributed by atoms with Crippen molar-refractivity contribution in [3.63, 3.8) is 0 Å². The number of benzene rings is 1. The third kappa shape index (κ3) is 3.05. The van der Waals surface area contributed by atoms with Gasteiger partial charge in [-0.15, -0.1) is 0 Å². The lowest BCUT2D eigenvalue weighted by Gasteiger charge is -2.18. The van der Waals surface area contributed by atoms with Crippen molar-refractivity contribution in [3.05, 3.63) is 29.6 Å². The minimum atomic E-state index is -4.48. The van der Waals surface area contributed by atoms with E-state index < -0.39 is 25.6 Å². The molecule has 0 radical (unpaired) electrons. The first kappa shape index (κ1) is 12.2. The molecule has 0 heterocycles. The van der Waals surface area contributed by atoms with Crippen LogP contribution in [0.15, 0.2) is 18.2 Å². The largest absolute Gasteiger partial charge is 0.416 e. The van der Waals surface area contributed by atoms with Crippen molar-refractivity contribution < 1.29 is 17.6 Å². The third-order valence-corrected chi connectivity index (χ3v) is 4.11. The van der Waals surface area contributed by atoms with Crippen LogP contribution in [0.4, 0.5) is 17.6 Å². The Morgan fingerprint density at radius 1 is 1.00 bits per heavy atom. The van der Waals surface area contributed by atoms with Crippen LogP contribution in [0.3, 0.4) is 0 Å². The Morgan fingerprint density at radius 3 is 1.93 bits per heavy atom. The maximum Gasteiger partial charge on any atom is 0.416 e. The van der Waals surface area contributed by atoms with E-state index in [-0.39, 0.29) is 0 Å². The van der Waals surface area contributed by atoms with Crippen LogP contribution in [-0.4, -0.2) is 8.07 Å². The Morgan fingerprint density at radius 2 is 1.53 bits per heavy atom. The lowest BCUT2D eigenvalue weighted by molar-refractivity contribution is -0.137. The minimum Gasteiger partial charge on any atom is -0.207 e. The van der Waals surface area contributed by atoms with Crippen LogP contribution in [0.5, 0.6) is 0 Å². The van der Waals surface area contributed by atoms with Crippen molar-refractivity contribution >= 4 is 13.3 Å². The molecular weight excluding hydrogens is 224 g/mol. The van der Waals surface area contributed by atoms with Gasteiger partial charge in [-0.25, -0.2) is 4.39 Å². The Bertz CT molecular complexity index is 330. The van der Waals surface area contributed by atoms with Crippen molar-refractivity contribution in [2.45, 2.75) is 25.8 Å². The topological polar surface area (TPSA) is 0 Å². The van der Waals surface area contributed by atoms with E-state index in [1.165, 1.54) is 6.07 Å². The fourth-order valence-electron chi connectivity index (χ4n) is 1.19. The molecule has 0 saturated heterocycles. The molecule has 0 aliphatic rings. The quantitative estimate of drug-likeness (QED) is 0.518. The van der Waals surface area contributed by atoms with Gasteiger partial charge in [-0.1, -0.05) is 30.9 Å². The summed E-state index contributed by atoms with van der Waals surface area (Å²) < 4.78 is 50.2. The van der Waals surface area contributed by atoms with E-state index in [1.807, 2.05) is 19.6 Å². The Hall–Kier alpha value is -0.843. The Labute approximate surface area is 86.9 Å². The molecule has 0 bridgehead atoms. The molecule has 0 saturated carbocycles. The molecule has 0 fully saturated rings. The first-order chi connectivity index (χ1) is 6.60. The molecular formula is C10H12F4Si. The predicted octanol–water partition coefficient (Wildman–Crippen LogP) is 3.39. The van der Waals surface area contributed by atoms with Gasteiger partial charge in [0.05, 0.1) is 13.6 Å². The average molecular weight is 236 g/mol. The van der Waals surface area contributed by atoms with Crippen molar-refractivity contribution in [1.82, 2.24) is 0 Å². The maximum atomic E-state index is 13.0. The molecule has 1 aromatic rings. The number of halogens is 4. The molecule has 15 heavy (non-hydrogen) atoms. The number of hydrogen-bond donors (Lipinski definition) is 0. The van der Waals surface area contributed by atoms with Crippen LogP contribution in [0.2, 0.25) is 19.6 Å². The van der Waals surface area contributed by atoms with Crippen molar-refractivity contribution in [3.8, 4) is 0 Å². The second-order valence-electron chi connectivity index (χ2n) is 4.48. The van der Waals surface area contributed by atoms with E-state index in [4.69, 9.17) is 0 Å². The molecule has 1 aromatic carbocycles. The first-order valence-electron chi connectivity index (χ1n) is 4.49. The Kier molecular flexibility index (Phi) is 2.96. The first-order valence-corrected chi connectivity index (χ1v) is 7.99. The molecule has 0 N–H and O–H groups in total. The molecule has 84 valence electrons. The highest BCUT2D eigenvalue weighted by Gasteiger charge is 2.32. The highest BCUT2D eigenvalue weighted by Crippen LogP contribution is 2.29. The lowest BCUT2D eigenvalue weighted by Crippen LogP contribution is -2.38. The molecule has 5 heteroatoms. The molecule has 0 amide bonds. The summed E-state index contributed by atoms with van der Waals surface area (Å²) in [6, 6.07) is 2.78. The van der Waals surface area contributed by atoms with E-state index in [0.29, 0.717) is 11.3 Å². The molecule has 1 rings (SSSR count). The molecule has 0 aliphatic carbocycles. The monoisotopic (exact) mass is 236 g/mol. The van der Waals surface area contributed by atoms with E-state index in [2.05, 4.69) is 0 Å². The summed E-state index contributed by atoms with van der Waals surface area (Å²) in [7, 11) is -1.91. The second-order valence-corrected chi connectivity index (χ2v) is 9.55. The molecule has 0 aliphatic heterocycles. The highest BCUT2D eigenvalue weighted by atomic mass is 28.3. The molecule has 0 unspecified atom stereocenters. The summed E-state index contributed by atoms with van der Waals surface area (Å²) in [6.45, 7) is 5.63. The number of alkyl halides is 3. The van der Waals surface area contributed by atoms with Crippen molar-refractivity contribution in [2.24, 2.45) is 0 Å². The highest BCUT2D eigenvalue weighted by molar-refractivity contribution is 6.88. The van der Waals surface area contributed by atoms with Gasteiger partial charge in [-0.3, -0.25) is 0 Å². The maximum absolute atomic E-state index is 13.0. The predicted molar refractivity (Wildman–Crippen MR) is 54.4 cm³/mol. The minimum absolute atomic E-state index is 0.481. The van der Waals surface area contributed by atoms with Crippen LogP contribution < -0.4 is 5.19 Å². The summed E-state index contributed by atoms with van der Waals surface area (Å²) >= 11 is 0. The van der Waals surface area contributed by atoms with E-state index >= 15 is 0 Å². The molecule has 0 atom stereocenters.